The van der Waals surface area contributed by atoms with Crippen molar-refractivity contribution in [3.05, 3.63) is 120 Å². The molecule has 2 aromatic carbocycles. The van der Waals surface area contributed by atoms with Crippen molar-refractivity contribution >= 4 is 28.4 Å². The van der Waals surface area contributed by atoms with E-state index >= 15 is 0 Å². The number of benzene rings is 2. The highest BCUT2D eigenvalue weighted by atomic mass is 19.1. The standard InChI is InChI=1S/C25H22N4O2.C3H5F.C2H6/c1-3-14-26-25(31)29(20-12-8-5-9-13-20)24-16-23(30)21-17-27-18(2)15-22(21)28(24)19-10-6-4-7-11-19;1-2-3-4;1-2/h3-13,15-17H,1,14H2,2H3,(H,26,31);2-3H,1H3;1-2H3/b;3-2+;. The molecule has 7 heteroatoms. The van der Waals surface area contributed by atoms with Gasteiger partial charge in [0.1, 0.15) is 5.82 Å². The Hall–Kier alpha value is -4.52. The monoisotopic (exact) mass is 500 g/mol. The lowest BCUT2D eigenvalue weighted by molar-refractivity contribution is 0.249. The lowest BCUT2D eigenvalue weighted by Gasteiger charge is -2.27. The number of allylic oxidation sites excluding steroid dienone is 1. The van der Waals surface area contributed by atoms with Crippen LogP contribution < -0.4 is 15.6 Å². The van der Waals surface area contributed by atoms with Crippen LogP contribution in [0.3, 0.4) is 0 Å². The number of nitrogens with one attached hydrogen (secondary N) is 1. The summed E-state index contributed by atoms with van der Waals surface area (Å²) in [6.45, 7) is 11.5. The van der Waals surface area contributed by atoms with Crippen LogP contribution in [-0.2, 0) is 0 Å². The molecule has 2 amide bonds. The molecule has 37 heavy (non-hydrogen) atoms. The van der Waals surface area contributed by atoms with E-state index in [0.717, 1.165) is 11.4 Å². The van der Waals surface area contributed by atoms with E-state index < -0.39 is 0 Å². The van der Waals surface area contributed by atoms with Crippen LogP contribution in [0.4, 0.5) is 20.7 Å². The highest BCUT2D eigenvalue weighted by Crippen LogP contribution is 2.30. The van der Waals surface area contributed by atoms with Gasteiger partial charge in [-0.2, -0.15) is 0 Å². The van der Waals surface area contributed by atoms with Gasteiger partial charge in [0, 0.05) is 30.2 Å². The van der Waals surface area contributed by atoms with Crippen molar-refractivity contribution in [3.8, 4) is 5.69 Å². The fraction of sp³-hybridized carbons (Fsp3) is 0.167. The first-order valence-electron chi connectivity index (χ1n) is 12.0. The summed E-state index contributed by atoms with van der Waals surface area (Å²) in [7, 11) is 0. The van der Waals surface area contributed by atoms with Crippen LogP contribution in [0, 0.1) is 6.92 Å². The lowest BCUT2D eigenvalue weighted by atomic mass is 10.2. The molecule has 0 spiro atoms. The van der Waals surface area contributed by atoms with Gasteiger partial charge in [-0.3, -0.25) is 14.3 Å². The molecule has 0 fully saturated rings. The molecular formula is C30H33FN4O2. The summed E-state index contributed by atoms with van der Waals surface area (Å²) in [5, 5.41) is 3.31. The van der Waals surface area contributed by atoms with Crippen molar-refractivity contribution in [2.45, 2.75) is 27.7 Å². The Balaban J connectivity index is 0.000000733. The van der Waals surface area contributed by atoms with E-state index in [0.29, 0.717) is 35.3 Å². The number of carbonyl (C=O) groups is 1. The SMILES string of the molecule is C/C=C/F.C=CCNC(=O)N(c1ccccc1)c1cc(=O)c2cnc(C)cc2n1-c1ccccc1.CC. The van der Waals surface area contributed by atoms with Gasteiger partial charge in [0.15, 0.2) is 5.43 Å². The number of para-hydroxylation sites is 2. The molecule has 0 aliphatic heterocycles. The molecule has 6 nitrogen and oxygen atoms in total. The maximum absolute atomic E-state index is 13.2. The Morgan fingerprint density at radius 1 is 1.08 bits per heavy atom. The Morgan fingerprint density at radius 3 is 2.24 bits per heavy atom. The number of halogens is 1. The fourth-order valence-electron chi connectivity index (χ4n) is 3.49. The van der Waals surface area contributed by atoms with Gasteiger partial charge in [0.25, 0.3) is 0 Å². The Bertz CT molecular complexity index is 1380. The van der Waals surface area contributed by atoms with Gasteiger partial charge in [-0.05, 0) is 44.2 Å². The predicted molar refractivity (Wildman–Crippen MR) is 152 cm³/mol. The maximum atomic E-state index is 13.2. The summed E-state index contributed by atoms with van der Waals surface area (Å²) in [5.74, 6) is 0.432. The minimum atomic E-state index is -0.361. The quantitative estimate of drug-likeness (QED) is 0.294. The van der Waals surface area contributed by atoms with E-state index in [1.54, 1.807) is 19.2 Å². The molecule has 0 unspecified atom stereocenters. The Labute approximate surface area is 217 Å². The molecule has 4 aromatic rings. The van der Waals surface area contributed by atoms with Gasteiger partial charge in [0.05, 0.1) is 22.9 Å². The predicted octanol–water partition coefficient (Wildman–Crippen LogP) is 7.24. The van der Waals surface area contributed by atoms with Crippen molar-refractivity contribution in [1.29, 1.82) is 0 Å². The molecule has 0 saturated heterocycles. The van der Waals surface area contributed by atoms with E-state index in [1.165, 1.54) is 17.0 Å². The summed E-state index contributed by atoms with van der Waals surface area (Å²) in [5.41, 5.74) is 2.71. The number of fused-ring (bicyclic) bond motifs is 1. The van der Waals surface area contributed by atoms with Crippen molar-refractivity contribution in [2.75, 3.05) is 11.4 Å². The Morgan fingerprint density at radius 2 is 1.68 bits per heavy atom. The number of aromatic nitrogens is 2. The van der Waals surface area contributed by atoms with Crippen LogP contribution in [0.15, 0.2) is 109 Å². The smallest absolute Gasteiger partial charge is 0.327 e. The van der Waals surface area contributed by atoms with Crippen molar-refractivity contribution < 1.29 is 9.18 Å². The van der Waals surface area contributed by atoms with Gasteiger partial charge < -0.3 is 5.32 Å². The van der Waals surface area contributed by atoms with Crippen molar-refractivity contribution in [1.82, 2.24) is 14.9 Å². The van der Waals surface area contributed by atoms with E-state index in [4.69, 9.17) is 0 Å². The zero-order valence-corrected chi connectivity index (χ0v) is 21.7. The summed E-state index contributed by atoms with van der Waals surface area (Å²) >= 11 is 0. The zero-order valence-electron chi connectivity index (χ0n) is 21.7. The fourth-order valence-corrected chi connectivity index (χ4v) is 3.49. The normalized spacial score (nSPS) is 10.1. The van der Waals surface area contributed by atoms with E-state index in [2.05, 4.69) is 16.9 Å². The van der Waals surface area contributed by atoms with Gasteiger partial charge in [-0.25, -0.2) is 14.1 Å². The highest BCUT2D eigenvalue weighted by Gasteiger charge is 2.23. The number of nitrogens with zero attached hydrogens (tertiary/aromatic N) is 3. The summed E-state index contributed by atoms with van der Waals surface area (Å²) in [6, 6.07) is 21.9. The minimum Gasteiger partial charge on any atom is -0.334 e. The molecule has 0 saturated carbocycles. The van der Waals surface area contributed by atoms with E-state index in [9.17, 15) is 14.0 Å². The molecule has 0 aliphatic rings. The third kappa shape index (κ3) is 7.24. The second kappa shape index (κ2) is 14.8. The topological polar surface area (TPSA) is 67.2 Å². The lowest BCUT2D eigenvalue weighted by Crippen LogP contribution is -2.38. The van der Waals surface area contributed by atoms with E-state index in [-0.39, 0.29) is 11.5 Å². The molecule has 4 rings (SSSR count). The highest BCUT2D eigenvalue weighted by molar-refractivity contribution is 6.00. The van der Waals surface area contributed by atoms with Crippen molar-refractivity contribution in [3.63, 3.8) is 0 Å². The first-order valence-corrected chi connectivity index (χ1v) is 12.0. The van der Waals surface area contributed by atoms with Gasteiger partial charge in [-0.1, -0.05) is 62.4 Å². The second-order valence-electron chi connectivity index (χ2n) is 7.49. The van der Waals surface area contributed by atoms with Crippen LogP contribution in [-0.4, -0.2) is 22.1 Å². The zero-order chi connectivity index (χ0) is 27.2. The molecule has 2 aromatic heterocycles. The maximum Gasteiger partial charge on any atom is 0.327 e. The number of aryl methyl sites for hydroxylation is 1. The number of anilines is 2. The molecule has 192 valence electrons. The first-order chi connectivity index (χ1) is 18.0. The molecule has 2 heterocycles. The molecule has 0 bridgehead atoms. The first kappa shape index (κ1) is 28.7. The number of rotatable bonds is 5. The third-order valence-corrected chi connectivity index (χ3v) is 5.00. The summed E-state index contributed by atoms with van der Waals surface area (Å²) in [4.78, 5) is 32.1. The van der Waals surface area contributed by atoms with Gasteiger partial charge >= 0.3 is 6.03 Å². The molecule has 0 radical (unpaired) electrons. The van der Waals surface area contributed by atoms with Crippen LogP contribution in [0.1, 0.15) is 26.5 Å². The molecule has 1 N–H and O–H groups in total. The van der Waals surface area contributed by atoms with Gasteiger partial charge in [-0.15, -0.1) is 6.58 Å². The van der Waals surface area contributed by atoms with Crippen LogP contribution in [0.5, 0.6) is 0 Å². The number of carbonyl (C=O) groups excluding carboxylic acids is 1. The third-order valence-electron chi connectivity index (χ3n) is 5.00. The van der Waals surface area contributed by atoms with Crippen molar-refractivity contribution in [2.24, 2.45) is 0 Å². The van der Waals surface area contributed by atoms with Crippen LogP contribution >= 0.6 is 0 Å². The van der Waals surface area contributed by atoms with E-state index in [1.807, 2.05) is 92.1 Å². The molecule has 0 atom stereocenters. The summed E-state index contributed by atoms with van der Waals surface area (Å²) in [6.07, 6.45) is 5.03. The molecular weight excluding hydrogens is 467 g/mol. The molecule has 0 aliphatic carbocycles. The number of hydrogen-bond donors (Lipinski definition) is 1. The average molecular weight is 501 g/mol. The Kier molecular flexibility index (Phi) is 11.5. The number of amides is 2. The average Bonchev–Trinajstić information content (AvgIpc) is 2.94. The van der Waals surface area contributed by atoms with Crippen LogP contribution in [0.25, 0.3) is 16.6 Å². The number of pyridine rings is 2. The largest absolute Gasteiger partial charge is 0.334 e. The van der Waals surface area contributed by atoms with Crippen LogP contribution in [0.2, 0.25) is 0 Å². The number of urea groups is 1. The second-order valence-corrected chi connectivity index (χ2v) is 7.49. The minimum absolute atomic E-state index is 0.206. The van der Waals surface area contributed by atoms with Gasteiger partial charge in [0.2, 0.25) is 0 Å². The number of hydrogen-bond acceptors (Lipinski definition) is 3. The summed E-state index contributed by atoms with van der Waals surface area (Å²) < 4.78 is 12.5.